The zero-order chi connectivity index (χ0) is 20.5. The van der Waals surface area contributed by atoms with Gasteiger partial charge in [0.05, 0.1) is 11.4 Å². The maximum absolute atomic E-state index is 12.8. The van der Waals surface area contributed by atoms with Crippen molar-refractivity contribution in [2.75, 3.05) is 6.54 Å². The Morgan fingerprint density at radius 2 is 2.07 bits per heavy atom. The number of nitrogens with one attached hydrogen (secondary N) is 1. The van der Waals surface area contributed by atoms with Gasteiger partial charge in [0.25, 0.3) is 5.91 Å². The highest BCUT2D eigenvalue weighted by Gasteiger charge is 2.23. The molecule has 150 valence electrons. The van der Waals surface area contributed by atoms with Gasteiger partial charge in [-0.2, -0.15) is 0 Å². The molecule has 1 amide bonds. The Labute approximate surface area is 175 Å². The lowest BCUT2D eigenvalue weighted by Crippen LogP contribution is -2.26. The molecule has 1 unspecified atom stereocenters. The summed E-state index contributed by atoms with van der Waals surface area (Å²) < 4.78 is 1.73. The largest absolute Gasteiger partial charge is 0.351 e. The first-order chi connectivity index (χ1) is 14.7. The van der Waals surface area contributed by atoms with Gasteiger partial charge < -0.3 is 5.32 Å². The van der Waals surface area contributed by atoms with Crippen molar-refractivity contribution in [1.82, 2.24) is 25.3 Å². The second-order valence-electron chi connectivity index (χ2n) is 7.79. The maximum Gasteiger partial charge on any atom is 0.273 e. The van der Waals surface area contributed by atoms with E-state index in [1.807, 2.05) is 37.4 Å². The molecule has 5 rings (SSSR count). The number of hydrogen-bond donors (Lipinski definition) is 1. The smallest absolute Gasteiger partial charge is 0.273 e. The molecule has 6 heteroatoms. The Morgan fingerprint density at radius 1 is 1.17 bits per heavy atom. The van der Waals surface area contributed by atoms with E-state index in [2.05, 4.69) is 44.9 Å². The van der Waals surface area contributed by atoms with E-state index < -0.39 is 0 Å². The van der Waals surface area contributed by atoms with Gasteiger partial charge in [-0.1, -0.05) is 41.6 Å². The van der Waals surface area contributed by atoms with Crippen LogP contribution in [0.1, 0.15) is 46.1 Å². The molecule has 2 heterocycles. The lowest BCUT2D eigenvalue weighted by Gasteiger charge is -2.12. The zero-order valence-electron chi connectivity index (χ0n) is 16.9. The van der Waals surface area contributed by atoms with Crippen molar-refractivity contribution in [3.8, 4) is 5.69 Å². The Kier molecular flexibility index (Phi) is 4.75. The monoisotopic (exact) mass is 397 g/mol. The molecule has 0 radical (unpaired) electrons. The molecule has 1 atom stereocenters. The molecule has 0 bridgehead atoms. The fraction of sp³-hybridized carbons (Fsp3) is 0.250. The van der Waals surface area contributed by atoms with Crippen molar-refractivity contribution in [3.63, 3.8) is 0 Å². The predicted molar refractivity (Wildman–Crippen MR) is 116 cm³/mol. The number of aryl methyl sites for hydroxylation is 1. The Balaban J connectivity index is 1.30. The van der Waals surface area contributed by atoms with Crippen LogP contribution in [0.4, 0.5) is 0 Å². The predicted octanol–water partition coefficient (Wildman–Crippen LogP) is 3.97. The van der Waals surface area contributed by atoms with Crippen molar-refractivity contribution in [2.24, 2.45) is 0 Å². The van der Waals surface area contributed by atoms with Gasteiger partial charge in [0.1, 0.15) is 0 Å². The molecule has 6 nitrogen and oxygen atoms in total. The summed E-state index contributed by atoms with van der Waals surface area (Å²) >= 11 is 0. The summed E-state index contributed by atoms with van der Waals surface area (Å²) in [6.07, 6.45) is 6.79. The molecule has 0 spiro atoms. The lowest BCUT2D eigenvalue weighted by molar-refractivity contribution is 0.0946. The van der Waals surface area contributed by atoms with Crippen LogP contribution < -0.4 is 5.32 Å². The van der Waals surface area contributed by atoms with E-state index in [0.717, 1.165) is 41.4 Å². The Hall–Kier alpha value is -3.54. The number of aromatic nitrogens is 4. The third-order valence-electron chi connectivity index (χ3n) is 6.03. The van der Waals surface area contributed by atoms with Crippen molar-refractivity contribution in [3.05, 3.63) is 83.4 Å². The van der Waals surface area contributed by atoms with E-state index in [0.29, 0.717) is 18.2 Å². The van der Waals surface area contributed by atoms with Gasteiger partial charge >= 0.3 is 0 Å². The van der Waals surface area contributed by atoms with Gasteiger partial charge in [-0.3, -0.25) is 9.78 Å². The summed E-state index contributed by atoms with van der Waals surface area (Å²) in [5.41, 5.74) is 4.86. The van der Waals surface area contributed by atoms with Crippen molar-refractivity contribution in [1.29, 1.82) is 0 Å². The first kappa shape index (κ1) is 18.5. The van der Waals surface area contributed by atoms with Crippen LogP contribution in [0.2, 0.25) is 0 Å². The second kappa shape index (κ2) is 7.71. The summed E-state index contributed by atoms with van der Waals surface area (Å²) in [5.74, 6) is 0.342. The molecule has 0 saturated carbocycles. The topological polar surface area (TPSA) is 72.7 Å². The Bertz CT molecular complexity index is 1220. The van der Waals surface area contributed by atoms with Gasteiger partial charge in [-0.15, -0.1) is 5.10 Å². The number of pyridine rings is 1. The molecule has 0 fully saturated rings. The minimum Gasteiger partial charge on any atom is -0.351 e. The first-order valence-electron chi connectivity index (χ1n) is 10.3. The number of carbonyl (C=O) groups excluding carboxylic acids is 1. The van der Waals surface area contributed by atoms with Crippen LogP contribution in [0, 0.1) is 6.92 Å². The van der Waals surface area contributed by atoms with Gasteiger partial charge in [-0.05, 0) is 55.4 Å². The summed E-state index contributed by atoms with van der Waals surface area (Å²) in [7, 11) is 0. The molecule has 2 aromatic carbocycles. The van der Waals surface area contributed by atoms with Crippen LogP contribution in [-0.2, 0) is 6.42 Å². The fourth-order valence-electron chi connectivity index (χ4n) is 4.45. The number of fused-ring (bicyclic) bond motifs is 2. The molecule has 4 aromatic rings. The summed E-state index contributed by atoms with van der Waals surface area (Å²) in [6.45, 7) is 2.51. The highest BCUT2D eigenvalue weighted by Crippen LogP contribution is 2.34. The van der Waals surface area contributed by atoms with Gasteiger partial charge in [-0.25, -0.2) is 4.68 Å². The summed E-state index contributed by atoms with van der Waals surface area (Å²) in [6, 6.07) is 16.5. The summed E-state index contributed by atoms with van der Waals surface area (Å²) in [4.78, 5) is 16.9. The molecule has 2 aromatic heterocycles. The average Bonchev–Trinajstić information content (AvgIpc) is 3.37. The zero-order valence-corrected chi connectivity index (χ0v) is 16.9. The first-order valence-corrected chi connectivity index (χ1v) is 10.3. The van der Waals surface area contributed by atoms with Crippen LogP contribution in [0.25, 0.3) is 16.5 Å². The lowest BCUT2D eigenvalue weighted by atomic mass is 9.98. The van der Waals surface area contributed by atoms with E-state index >= 15 is 0 Å². The molecule has 1 aliphatic rings. The molecule has 30 heavy (non-hydrogen) atoms. The number of rotatable bonds is 5. The van der Waals surface area contributed by atoms with Gasteiger partial charge in [0, 0.05) is 29.7 Å². The number of carbonyl (C=O) groups is 1. The van der Waals surface area contributed by atoms with Crippen LogP contribution in [0.15, 0.2) is 60.9 Å². The normalized spacial score (nSPS) is 15.3. The average molecular weight is 397 g/mol. The highest BCUT2D eigenvalue weighted by molar-refractivity contribution is 5.94. The highest BCUT2D eigenvalue weighted by atomic mass is 16.2. The molecule has 0 saturated heterocycles. The van der Waals surface area contributed by atoms with Gasteiger partial charge in [0.2, 0.25) is 0 Å². The molecule has 1 N–H and O–H groups in total. The van der Waals surface area contributed by atoms with Gasteiger partial charge in [0.15, 0.2) is 5.69 Å². The van der Waals surface area contributed by atoms with Crippen LogP contribution >= 0.6 is 0 Å². The van der Waals surface area contributed by atoms with Crippen molar-refractivity contribution >= 4 is 16.7 Å². The number of nitrogens with zero attached hydrogens (tertiary/aromatic N) is 4. The number of amides is 1. The minimum absolute atomic E-state index is 0.174. The van der Waals surface area contributed by atoms with Crippen LogP contribution in [0.3, 0.4) is 0 Å². The van der Waals surface area contributed by atoms with Crippen LogP contribution in [-0.4, -0.2) is 32.4 Å². The molecule has 1 aliphatic carbocycles. The van der Waals surface area contributed by atoms with E-state index in [1.54, 1.807) is 10.9 Å². The fourth-order valence-corrected chi connectivity index (χ4v) is 4.45. The molecular formula is C24H23N5O. The quantitative estimate of drug-likeness (QED) is 0.553. The van der Waals surface area contributed by atoms with E-state index in [1.165, 1.54) is 11.1 Å². The minimum atomic E-state index is -0.174. The van der Waals surface area contributed by atoms with Crippen molar-refractivity contribution < 1.29 is 4.79 Å². The second-order valence-corrected chi connectivity index (χ2v) is 7.79. The summed E-state index contributed by atoms with van der Waals surface area (Å²) in [5, 5.41) is 13.5. The third kappa shape index (κ3) is 3.24. The molecular weight excluding hydrogens is 374 g/mol. The maximum atomic E-state index is 12.8. The van der Waals surface area contributed by atoms with E-state index in [4.69, 9.17) is 0 Å². The van der Waals surface area contributed by atoms with Crippen molar-refractivity contribution in [2.45, 2.75) is 32.1 Å². The van der Waals surface area contributed by atoms with Crippen LogP contribution in [0.5, 0.6) is 0 Å². The Morgan fingerprint density at radius 3 is 3.00 bits per heavy atom. The number of hydrogen-bond acceptors (Lipinski definition) is 4. The molecule has 0 aliphatic heterocycles. The van der Waals surface area contributed by atoms with E-state index in [9.17, 15) is 4.79 Å². The van der Waals surface area contributed by atoms with E-state index in [-0.39, 0.29) is 5.91 Å². The standard InChI is InChI=1S/C24H23N5O/c1-16-23(24(30)26-14-11-18-10-9-17-5-2-3-7-20(17)18)27-28-29(16)22-8-4-6-19-15-25-13-12-21(19)22/h2-8,12-13,15,18H,9-11,14H2,1H3,(H,26,30). The SMILES string of the molecule is Cc1c(C(=O)NCCC2CCc3ccccc32)nnn1-c1cccc2cnccc12. The third-order valence-corrected chi connectivity index (χ3v) is 6.03. The number of benzene rings is 2.